The summed E-state index contributed by atoms with van der Waals surface area (Å²) in [6, 6.07) is 4.71. The molecular formula is C17H24BrFO2Si. The second-order valence-electron chi connectivity index (χ2n) is 7.69. The lowest BCUT2D eigenvalue weighted by molar-refractivity contribution is -0.127. The van der Waals surface area contributed by atoms with Crippen LogP contribution >= 0.6 is 15.9 Å². The first-order valence-electron chi connectivity index (χ1n) is 7.64. The van der Waals surface area contributed by atoms with Gasteiger partial charge in [0.2, 0.25) is 0 Å². The van der Waals surface area contributed by atoms with Gasteiger partial charge in [-0.05, 0) is 54.7 Å². The highest BCUT2D eigenvalue weighted by atomic mass is 79.9. The molecule has 0 bridgehead atoms. The Kier molecular flexibility index (Phi) is 4.73. The molecule has 0 amide bonds. The largest absolute Gasteiger partial charge is 0.404 e. The summed E-state index contributed by atoms with van der Waals surface area (Å²) in [7, 11) is -2.01. The Morgan fingerprint density at radius 3 is 2.45 bits per heavy atom. The molecule has 1 aromatic rings. The van der Waals surface area contributed by atoms with Crippen LogP contribution in [0, 0.1) is 5.82 Å². The molecule has 1 aromatic carbocycles. The molecule has 1 saturated carbocycles. The van der Waals surface area contributed by atoms with E-state index in [1.807, 2.05) is 0 Å². The SMILES string of the molecule is CC(C)(C)[Si](C)(C)OC1(C(=O)Cc2cc(Br)ccc2F)CC1. The molecule has 2 rings (SSSR count). The van der Waals surface area contributed by atoms with Crippen LogP contribution < -0.4 is 0 Å². The molecule has 1 fully saturated rings. The monoisotopic (exact) mass is 386 g/mol. The van der Waals surface area contributed by atoms with Crippen LogP contribution in [0.2, 0.25) is 18.1 Å². The lowest BCUT2D eigenvalue weighted by atomic mass is 10.0. The van der Waals surface area contributed by atoms with Gasteiger partial charge in [-0.1, -0.05) is 36.7 Å². The van der Waals surface area contributed by atoms with E-state index in [1.165, 1.54) is 6.07 Å². The zero-order valence-electron chi connectivity index (χ0n) is 13.9. The number of ketones is 1. The fourth-order valence-electron chi connectivity index (χ4n) is 2.21. The Morgan fingerprint density at radius 1 is 1.36 bits per heavy atom. The number of rotatable bonds is 5. The first kappa shape index (κ1) is 17.8. The highest BCUT2D eigenvalue weighted by Gasteiger charge is 2.55. The van der Waals surface area contributed by atoms with E-state index in [-0.39, 0.29) is 23.1 Å². The summed E-state index contributed by atoms with van der Waals surface area (Å²) in [5.41, 5.74) is -0.234. The molecule has 0 spiro atoms. The van der Waals surface area contributed by atoms with Gasteiger partial charge in [0.15, 0.2) is 14.1 Å². The third-order valence-electron chi connectivity index (χ3n) is 4.83. The Labute approximate surface area is 141 Å². The molecule has 0 saturated heterocycles. The van der Waals surface area contributed by atoms with Gasteiger partial charge >= 0.3 is 0 Å². The fourth-order valence-corrected chi connectivity index (χ4v) is 4.22. The van der Waals surface area contributed by atoms with Crippen molar-refractivity contribution in [1.29, 1.82) is 0 Å². The van der Waals surface area contributed by atoms with Crippen molar-refractivity contribution in [2.24, 2.45) is 0 Å². The van der Waals surface area contributed by atoms with Gasteiger partial charge < -0.3 is 4.43 Å². The average Bonchev–Trinajstić information content (AvgIpc) is 3.12. The molecule has 2 nitrogen and oxygen atoms in total. The van der Waals surface area contributed by atoms with Crippen LogP contribution in [0.1, 0.15) is 39.2 Å². The highest BCUT2D eigenvalue weighted by Crippen LogP contribution is 2.48. The molecule has 0 unspecified atom stereocenters. The summed E-state index contributed by atoms with van der Waals surface area (Å²) in [6.07, 6.45) is 1.61. The summed E-state index contributed by atoms with van der Waals surface area (Å²) in [6.45, 7) is 10.8. The van der Waals surface area contributed by atoms with E-state index >= 15 is 0 Å². The zero-order chi connectivity index (χ0) is 16.8. The second-order valence-corrected chi connectivity index (χ2v) is 13.3. The third-order valence-corrected chi connectivity index (χ3v) is 9.83. The minimum atomic E-state index is -2.01. The van der Waals surface area contributed by atoms with Crippen LogP contribution in [-0.2, 0) is 15.6 Å². The molecule has 122 valence electrons. The maximum Gasteiger partial charge on any atom is 0.193 e. The maximum absolute atomic E-state index is 13.9. The van der Waals surface area contributed by atoms with Gasteiger partial charge in [0.05, 0.1) is 0 Å². The predicted molar refractivity (Wildman–Crippen MR) is 93.1 cm³/mol. The van der Waals surface area contributed by atoms with Gasteiger partial charge in [0.25, 0.3) is 0 Å². The van der Waals surface area contributed by atoms with Crippen molar-refractivity contribution in [3.8, 4) is 0 Å². The minimum absolute atomic E-state index is 0.00863. The Morgan fingerprint density at radius 2 is 1.95 bits per heavy atom. The second kappa shape index (κ2) is 5.84. The average molecular weight is 387 g/mol. The number of hydrogen-bond acceptors (Lipinski definition) is 2. The molecule has 0 atom stereocenters. The molecule has 0 radical (unpaired) electrons. The van der Waals surface area contributed by atoms with Crippen LogP contribution in [0.25, 0.3) is 0 Å². The van der Waals surface area contributed by atoms with E-state index in [9.17, 15) is 9.18 Å². The van der Waals surface area contributed by atoms with Crippen LogP contribution in [0.3, 0.4) is 0 Å². The van der Waals surface area contributed by atoms with Gasteiger partial charge in [0.1, 0.15) is 11.4 Å². The quantitative estimate of drug-likeness (QED) is 0.645. The van der Waals surface area contributed by atoms with Gasteiger partial charge in [-0.25, -0.2) is 4.39 Å². The number of halogens is 2. The van der Waals surface area contributed by atoms with Crippen molar-refractivity contribution in [3.63, 3.8) is 0 Å². The first-order valence-corrected chi connectivity index (χ1v) is 11.3. The summed E-state index contributed by atoms with van der Waals surface area (Å²) in [5.74, 6) is -0.325. The molecule has 0 N–H and O–H groups in total. The van der Waals surface area contributed by atoms with Crippen LogP contribution in [0.15, 0.2) is 22.7 Å². The van der Waals surface area contributed by atoms with E-state index in [4.69, 9.17) is 4.43 Å². The molecule has 22 heavy (non-hydrogen) atoms. The van der Waals surface area contributed by atoms with Gasteiger partial charge in [0, 0.05) is 10.9 Å². The molecule has 1 aliphatic carbocycles. The van der Waals surface area contributed by atoms with Crippen molar-refractivity contribution in [1.82, 2.24) is 0 Å². The number of carbonyl (C=O) groups is 1. The number of benzene rings is 1. The molecule has 0 aromatic heterocycles. The van der Waals surface area contributed by atoms with Crippen molar-refractivity contribution in [2.75, 3.05) is 0 Å². The molecule has 1 aliphatic rings. The van der Waals surface area contributed by atoms with Crippen LogP contribution in [0.4, 0.5) is 4.39 Å². The summed E-state index contributed by atoms with van der Waals surface area (Å²) >= 11 is 3.32. The highest BCUT2D eigenvalue weighted by molar-refractivity contribution is 9.10. The van der Waals surface area contributed by atoms with E-state index in [1.54, 1.807) is 12.1 Å². The lowest BCUT2D eigenvalue weighted by Gasteiger charge is -2.39. The van der Waals surface area contributed by atoms with E-state index in [2.05, 4.69) is 49.8 Å². The summed E-state index contributed by atoms with van der Waals surface area (Å²) < 4.78 is 21.0. The minimum Gasteiger partial charge on any atom is -0.404 e. The summed E-state index contributed by atoms with van der Waals surface area (Å²) in [4.78, 5) is 12.7. The normalized spacial score (nSPS) is 17.4. The Balaban J connectivity index is 2.14. The molecule has 0 heterocycles. The van der Waals surface area contributed by atoms with E-state index in [0.717, 1.165) is 17.3 Å². The van der Waals surface area contributed by atoms with E-state index < -0.39 is 13.9 Å². The van der Waals surface area contributed by atoms with Crippen molar-refractivity contribution in [3.05, 3.63) is 34.1 Å². The van der Waals surface area contributed by atoms with Crippen molar-refractivity contribution in [2.45, 2.75) is 63.8 Å². The standard InChI is InChI=1S/C17H24BrFO2Si/c1-16(2,3)22(4,5)21-17(8-9-17)15(20)11-12-10-13(18)6-7-14(12)19/h6-7,10H,8-9,11H2,1-5H3. The maximum atomic E-state index is 13.9. The number of hydrogen-bond donors (Lipinski definition) is 0. The van der Waals surface area contributed by atoms with Crippen molar-refractivity contribution >= 4 is 30.0 Å². The van der Waals surface area contributed by atoms with Crippen LogP contribution in [-0.4, -0.2) is 19.7 Å². The van der Waals surface area contributed by atoms with Crippen LogP contribution in [0.5, 0.6) is 0 Å². The van der Waals surface area contributed by atoms with Crippen molar-refractivity contribution < 1.29 is 13.6 Å². The topological polar surface area (TPSA) is 26.3 Å². The third kappa shape index (κ3) is 3.69. The van der Waals surface area contributed by atoms with Gasteiger partial charge in [-0.3, -0.25) is 4.79 Å². The number of carbonyl (C=O) groups excluding carboxylic acids is 1. The summed E-state index contributed by atoms with van der Waals surface area (Å²) in [5, 5.41) is 0.0594. The van der Waals surface area contributed by atoms with E-state index in [0.29, 0.717) is 5.56 Å². The fraction of sp³-hybridized carbons (Fsp3) is 0.588. The molecular weight excluding hydrogens is 363 g/mol. The smallest absolute Gasteiger partial charge is 0.193 e. The predicted octanol–water partition coefficient (Wildman–Crippen LogP) is 5.25. The number of Topliss-reactive ketones (excluding diaryl/α,β-unsaturated/α-hetero) is 1. The Hall–Kier alpha value is -0.523. The lowest BCUT2D eigenvalue weighted by Crippen LogP contribution is -2.47. The Bertz CT molecular complexity index is 589. The van der Waals surface area contributed by atoms with Gasteiger partial charge in [-0.15, -0.1) is 0 Å². The first-order chi connectivity index (χ1) is 9.97. The zero-order valence-corrected chi connectivity index (χ0v) is 16.5. The molecule has 5 heteroatoms. The van der Waals surface area contributed by atoms with Gasteiger partial charge in [-0.2, -0.15) is 0 Å². The molecule has 0 aliphatic heterocycles.